The van der Waals surface area contributed by atoms with Gasteiger partial charge in [0, 0.05) is 23.7 Å². The van der Waals surface area contributed by atoms with Crippen molar-refractivity contribution in [2.75, 3.05) is 0 Å². The predicted molar refractivity (Wildman–Crippen MR) is 57.9 cm³/mol. The molecule has 3 nitrogen and oxygen atoms in total. The zero-order valence-electron chi connectivity index (χ0n) is 8.78. The number of nitrogens with zero attached hydrogens (tertiary/aromatic N) is 2. The SMILES string of the molecule is CC.Cc1cc(-c2cccnc2)n[nH]1. The van der Waals surface area contributed by atoms with Gasteiger partial charge in [0.1, 0.15) is 0 Å². The van der Waals surface area contributed by atoms with Crippen LogP contribution in [-0.4, -0.2) is 15.2 Å². The van der Waals surface area contributed by atoms with E-state index in [1.807, 2.05) is 39.0 Å². The van der Waals surface area contributed by atoms with Gasteiger partial charge in [0.2, 0.25) is 0 Å². The van der Waals surface area contributed by atoms with Crippen molar-refractivity contribution in [3.8, 4) is 11.3 Å². The Hall–Kier alpha value is -1.64. The van der Waals surface area contributed by atoms with E-state index < -0.39 is 0 Å². The van der Waals surface area contributed by atoms with E-state index in [-0.39, 0.29) is 0 Å². The first-order valence-corrected chi connectivity index (χ1v) is 4.78. The van der Waals surface area contributed by atoms with E-state index in [2.05, 4.69) is 15.2 Å². The normalized spacial score (nSPS) is 9.07. The molecular formula is C11H15N3. The first kappa shape index (κ1) is 10.4. The Morgan fingerprint density at radius 2 is 2.07 bits per heavy atom. The topological polar surface area (TPSA) is 41.6 Å². The number of hydrogen-bond acceptors (Lipinski definition) is 2. The first-order chi connectivity index (χ1) is 6.86. The van der Waals surface area contributed by atoms with Crippen LogP contribution in [0, 0.1) is 6.92 Å². The third-order valence-corrected chi connectivity index (χ3v) is 1.66. The van der Waals surface area contributed by atoms with Gasteiger partial charge in [-0.1, -0.05) is 13.8 Å². The van der Waals surface area contributed by atoms with Crippen molar-refractivity contribution in [2.45, 2.75) is 20.8 Å². The molecule has 14 heavy (non-hydrogen) atoms. The maximum absolute atomic E-state index is 4.12. The standard InChI is InChI=1S/C9H9N3.C2H6/c1-7-5-9(12-11-7)8-3-2-4-10-6-8;1-2/h2-6H,1H3,(H,11,12);1-2H3. The number of H-pyrrole nitrogens is 1. The summed E-state index contributed by atoms with van der Waals surface area (Å²) >= 11 is 0. The molecule has 0 aromatic carbocycles. The van der Waals surface area contributed by atoms with Crippen molar-refractivity contribution in [2.24, 2.45) is 0 Å². The Kier molecular flexibility index (Phi) is 3.85. The number of aromatic nitrogens is 3. The Bertz CT molecular complexity index is 365. The maximum Gasteiger partial charge on any atom is 0.0938 e. The fourth-order valence-corrected chi connectivity index (χ4v) is 1.08. The largest absolute Gasteiger partial charge is 0.282 e. The fourth-order valence-electron chi connectivity index (χ4n) is 1.08. The van der Waals surface area contributed by atoms with Crippen LogP contribution in [0.25, 0.3) is 11.3 Å². The lowest BCUT2D eigenvalue weighted by Gasteiger charge is -1.91. The number of pyridine rings is 1. The Labute approximate surface area is 84.2 Å². The molecule has 0 saturated heterocycles. The molecule has 0 radical (unpaired) electrons. The lowest BCUT2D eigenvalue weighted by atomic mass is 10.2. The quantitative estimate of drug-likeness (QED) is 0.749. The van der Waals surface area contributed by atoms with Crippen LogP contribution in [0.1, 0.15) is 19.5 Å². The Balaban J connectivity index is 0.000000461. The molecule has 1 N–H and O–H groups in total. The van der Waals surface area contributed by atoms with Crippen molar-refractivity contribution in [3.63, 3.8) is 0 Å². The fraction of sp³-hybridized carbons (Fsp3) is 0.273. The molecule has 0 atom stereocenters. The zero-order valence-corrected chi connectivity index (χ0v) is 8.78. The van der Waals surface area contributed by atoms with Crippen molar-refractivity contribution >= 4 is 0 Å². The van der Waals surface area contributed by atoms with E-state index >= 15 is 0 Å². The van der Waals surface area contributed by atoms with E-state index in [4.69, 9.17) is 0 Å². The molecule has 0 aliphatic rings. The summed E-state index contributed by atoms with van der Waals surface area (Å²) < 4.78 is 0. The molecule has 0 unspecified atom stereocenters. The minimum atomic E-state index is 0.945. The predicted octanol–water partition coefficient (Wildman–Crippen LogP) is 2.81. The highest BCUT2D eigenvalue weighted by atomic mass is 15.1. The first-order valence-electron chi connectivity index (χ1n) is 4.78. The Morgan fingerprint density at radius 3 is 2.57 bits per heavy atom. The van der Waals surface area contributed by atoms with Crippen LogP contribution < -0.4 is 0 Å². The van der Waals surface area contributed by atoms with E-state index in [9.17, 15) is 0 Å². The average Bonchev–Trinajstić information content (AvgIpc) is 2.69. The van der Waals surface area contributed by atoms with Crippen LogP contribution in [0.4, 0.5) is 0 Å². The summed E-state index contributed by atoms with van der Waals surface area (Å²) in [6.07, 6.45) is 3.55. The summed E-state index contributed by atoms with van der Waals surface area (Å²) in [7, 11) is 0. The lowest BCUT2D eigenvalue weighted by molar-refractivity contribution is 1.05. The van der Waals surface area contributed by atoms with Crippen molar-refractivity contribution < 1.29 is 0 Å². The van der Waals surface area contributed by atoms with Gasteiger partial charge in [-0.15, -0.1) is 0 Å². The third-order valence-electron chi connectivity index (χ3n) is 1.66. The van der Waals surface area contributed by atoms with Gasteiger partial charge in [0.05, 0.1) is 5.69 Å². The van der Waals surface area contributed by atoms with E-state index in [1.165, 1.54) is 0 Å². The number of aromatic amines is 1. The number of nitrogens with one attached hydrogen (secondary N) is 1. The molecule has 0 bridgehead atoms. The molecule has 2 aromatic rings. The van der Waals surface area contributed by atoms with Crippen molar-refractivity contribution in [1.82, 2.24) is 15.2 Å². The highest BCUT2D eigenvalue weighted by Crippen LogP contribution is 2.14. The maximum atomic E-state index is 4.12. The molecule has 0 amide bonds. The second kappa shape index (κ2) is 5.17. The molecule has 2 heterocycles. The summed E-state index contributed by atoms with van der Waals surface area (Å²) in [5, 5.41) is 7.01. The van der Waals surface area contributed by atoms with E-state index in [0.29, 0.717) is 0 Å². The molecule has 0 spiro atoms. The van der Waals surface area contributed by atoms with Crippen LogP contribution in [0.15, 0.2) is 30.6 Å². The molecule has 2 rings (SSSR count). The van der Waals surface area contributed by atoms with Crippen LogP contribution in [0.5, 0.6) is 0 Å². The van der Waals surface area contributed by atoms with Crippen LogP contribution in [-0.2, 0) is 0 Å². The minimum absolute atomic E-state index is 0.945. The van der Waals surface area contributed by atoms with E-state index in [0.717, 1.165) is 17.0 Å². The Morgan fingerprint density at radius 1 is 1.29 bits per heavy atom. The minimum Gasteiger partial charge on any atom is -0.282 e. The van der Waals surface area contributed by atoms with Crippen LogP contribution in [0.2, 0.25) is 0 Å². The summed E-state index contributed by atoms with van der Waals surface area (Å²) in [5.74, 6) is 0. The summed E-state index contributed by atoms with van der Waals surface area (Å²) in [5.41, 5.74) is 3.05. The van der Waals surface area contributed by atoms with Crippen molar-refractivity contribution in [1.29, 1.82) is 0 Å². The smallest absolute Gasteiger partial charge is 0.0938 e. The number of hydrogen-bond donors (Lipinski definition) is 1. The van der Waals surface area contributed by atoms with Gasteiger partial charge in [0.15, 0.2) is 0 Å². The van der Waals surface area contributed by atoms with Gasteiger partial charge in [0.25, 0.3) is 0 Å². The molecule has 3 heteroatoms. The number of aryl methyl sites for hydroxylation is 1. The average molecular weight is 189 g/mol. The van der Waals surface area contributed by atoms with Crippen LogP contribution >= 0.6 is 0 Å². The highest BCUT2D eigenvalue weighted by Gasteiger charge is 1.99. The molecule has 0 aliphatic carbocycles. The molecular weight excluding hydrogens is 174 g/mol. The molecule has 0 fully saturated rings. The monoisotopic (exact) mass is 189 g/mol. The molecule has 0 saturated carbocycles. The number of rotatable bonds is 1. The third kappa shape index (κ3) is 2.42. The molecule has 0 aliphatic heterocycles. The van der Waals surface area contributed by atoms with Gasteiger partial charge in [-0.05, 0) is 25.1 Å². The zero-order chi connectivity index (χ0) is 10.4. The van der Waals surface area contributed by atoms with Crippen molar-refractivity contribution in [3.05, 3.63) is 36.3 Å². The molecule has 74 valence electrons. The van der Waals surface area contributed by atoms with Gasteiger partial charge < -0.3 is 0 Å². The highest BCUT2D eigenvalue weighted by molar-refractivity contribution is 5.57. The van der Waals surface area contributed by atoms with Gasteiger partial charge in [-0.2, -0.15) is 5.10 Å². The second-order valence-electron chi connectivity index (χ2n) is 2.68. The van der Waals surface area contributed by atoms with Crippen LogP contribution in [0.3, 0.4) is 0 Å². The summed E-state index contributed by atoms with van der Waals surface area (Å²) in [6, 6.07) is 5.89. The van der Waals surface area contributed by atoms with E-state index in [1.54, 1.807) is 12.4 Å². The van der Waals surface area contributed by atoms with Gasteiger partial charge in [-0.25, -0.2) is 0 Å². The van der Waals surface area contributed by atoms with Gasteiger partial charge in [-0.3, -0.25) is 10.1 Å². The summed E-state index contributed by atoms with van der Waals surface area (Å²) in [6.45, 7) is 5.98. The second-order valence-corrected chi connectivity index (χ2v) is 2.68. The summed E-state index contributed by atoms with van der Waals surface area (Å²) in [4.78, 5) is 4.02. The molecule has 2 aromatic heterocycles. The lowest BCUT2D eigenvalue weighted by Crippen LogP contribution is -1.77. The van der Waals surface area contributed by atoms with Gasteiger partial charge >= 0.3 is 0 Å².